The molecule has 1 aliphatic carbocycles. The zero-order valence-corrected chi connectivity index (χ0v) is 13.0. The van der Waals surface area contributed by atoms with Crippen molar-refractivity contribution in [1.82, 2.24) is 15.1 Å². The molecule has 2 fully saturated rings. The van der Waals surface area contributed by atoms with Gasteiger partial charge in [-0.1, -0.05) is 19.3 Å². The molecule has 0 spiro atoms. The van der Waals surface area contributed by atoms with Gasteiger partial charge in [0.2, 0.25) is 0 Å². The topological polar surface area (TPSA) is 18.5 Å². The molecule has 1 saturated carbocycles. The van der Waals surface area contributed by atoms with Crippen molar-refractivity contribution >= 4 is 0 Å². The molecule has 3 nitrogen and oxygen atoms in total. The molecule has 0 bridgehead atoms. The lowest BCUT2D eigenvalue weighted by molar-refractivity contribution is -0.149. The fourth-order valence-electron chi connectivity index (χ4n) is 3.67. The minimum atomic E-state index is -4.07. The van der Waals surface area contributed by atoms with E-state index in [-0.39, 0.29) is 0 Å². The highest BCUT2D eigenvalue weighted by atomic mass is 19.4. The van der Waals surface area contributed by atoms with E-state index in [2.05, 4.69) is 10.2 Å². The largest absolute Gasteiger partial charge is 0.401 e. The fourth-order valence-corrected chi connectivity index (χ4v) is 3.67. The number of nitrogens with one attached hydrogen (secondary N) is 1. The highest BCUT2D eigenvalue weighted by Crippen LogP contribution is 2.27. The number of likely N-dealkylation sites (N-methyl/N-ethyl adjacent to an activating group) is 1. The Bertz CT molecular complexity index is 295. The summed E-state index contributed by atoms with van der Waals surface area (Å²) in [5.74, 6) is 0.733. The van der Waals surface area contributed by atoms with Gasteiger partial charge in [-0.3, -0.25) is 9.80 Å². The van der Waals surface area contributed by atoms with Gasteiger partial charge in [-0.15, -0.1) is 0 Å². The fraction of sp³-hybridized carbons (Fsp3) is 1.00. The number of hydrogen-bond donors (Lipinski definition) is 1. The molecule has 21 heavy (non-hydrogen) atoms. The van der Waals surface area contributed by atoms with E-state index in [1.54, 1.807) is 0 Å². The molecule has 1 N–H and O–H groups in total. The lowest BCUT2D eigenvalue weighted by atomic mass is 9.83. The molecule has 2 rings (SSSR count). The Morgan fingerprint density at radius 2 is 1.57 bits per heavy atom. The highest BCUT2D eigenvalue weighted by molar-refractivity contribution is 4.83. The molecule has 1 aliphatic heterocycles. The van der Waals surface area contributed by atoms with Crippen molar-refractivity contribution in [2.75, 3.05) is 46.3 Å². The van der Waals surface area contributed by atoms with Gasteiger partial charge < -0.3 is 5.32 Å². The summed E-state index contributed by atoms with van der Waals surface area (Å²) in [4.78, 5) is 3.84. The first kappa shape index (κ1) is 17.0. The van der Waals surface area contributed by atoms with Crippen molar-refractivity contribution in [3.05, 3.63) is 0 Å². The van der Waals surface area contributed by atoms with Gasteiger partial charge in [0.15, 0.2) is 0 Å². The quantitative estimate of drug-likeness (QED) is 0.841. The second kappa shape index (κ2) is 7.79. The Morgan fingerprint density at radius 3 is 2.10 bits per heavy atom. The van der Waals surface area contributed by atoms with Gasteiger partial charge in [-0.2, -0.15) is 13.2 Å². The lowest BCUT2D eigenvalue weighted by Gasteiger charge is -2.39. The first-order chi connectivity index (χ1) is 9.98. The summed E-state index contributed by atoms with van der Waals surface area (Å²) >= 11 is 0. The SMILES string of the molecule is CNC(CN1CCN(CC(F)(F)F)CC1)C1CCCCC1. The van der Waals surface area contributed by atoms with Gasteiger partial charge in [0, 0.05) is 38.8 Å². The summed E-state index contributed by atoms with van der Waals surface area (Å²) in [5, 5.41) is 3.43. The van der Waals surface area contributed by atoms with Gasteiger partial charge in [-0.25, -0.2) is 0 Å². The van der Waals surface area contributed by atoms with Crippen LogP contribution in [0.25, 0.3) is 0 Å². The maximum Gasteiger partial charge on any atom is 0.401 e. The molecule has 1 atom stereocenters. The zero-order valence-electron chi connectivity index (χ0n) is 13.0. The van der Waals surface area contributed by atoms with Crippen molar-refractivity contribution in [2.45, 2.75) is 44.3 Å². The van der Waals surface area contributed by atoms with Crippen LogP contribution in [-0.2, 0) is 0 Å². The maximum absolute atomic E-state index is 12.4. The standard InChI is InChI=1S/C15H28F3N3/c1-19-14(13-5-3-2-4-6-13)11-20-7-9-21(10-8-20)12-15(16,17)18/h13-14,19H,2-12H2,1H3. The third kappa shape index (κ3) is 5.75. The normalized spacial score (nSPS) is 25.1. The van der Waals surface area contributed by atoms with Crippen LogP contribution in [0, 0.1) is 5.92 Å². The molecular formula is C15H28F3N3. The summed E-state index contributed by atoms with van der Waals surface area (Å²) in [6, 6.07) is 0.486. The minimum Gasteiger partial charge on any atom is -0.315 e. The van der Waals surface area contributed by atoms with Crippen molar-refractivity contribution in [3.8, 4) is 0 Å². The molecule has 0 radical (unpaired) electrons. The van der Waals surface area contributed by atoms with Crippen molar-refractivity contribution in [1.29, 1.82) is 0 Å². The van der Waals surface area contributed by atoms with Crippen molar-refractivity contribution < 1.29 is 13.2 Å². The first-order valence-electron chi connectivity index (χ1n) is 8.16. The van der Waals surface area contributed by atoms with Crippen LogP contribution in [0.15, 0.2) is 0 Å². The number of hydrogen-bond acceptors (Lipinski definition) is 3. The van der Waals surface area contributed by atoms with Crippen LogP contribution in [0.2, 0.25) is 0 Å². The predicted octanol–water partition coefficient (Wildman–Crippen LogP) is 2.33. The van der Waals surface area contributed by atoms with Crippen molar-refractivity contribution in [3.63, 3.8) is 0 Å². The summed E-state index contributed by atoms with van der Waals surface area (Å²) in [6.07, 6.45) is 2.50. The number of rotatable bonds is 5. The van der Waals surface area contributed by atoms with Crippen LogP contribution in [-0.4, -0.2) is 68.3 Å². The average Bonchev–Trinajstić information content (AvgIpc) is 2.46. The highest BCUT2D eigenvalue weighted by Gasteiger charge is 2.33. The van der Waals surface area contributed by atoms with Crippen LogP contribution in [0.4, 0.5) is 13.2 Å². The molecule has 6 heteroatoms. The molecule has 0 amide bonds. The Morgan fingerprint density at radius 1 is 1.00 bits per heavy atom. The summed E-state index contributed by atoms with van der Waals surface area (Å²) in [7, 11) is 2.01. The van der Waals surface area contributed by atoms with Gasteiger partial charge >= 0.3 is 6.18 Å². The second-order valence-electron chi connectivity index (χ2n) is 6.49. The van der Waals surface area contributed by atoms with Crippen LogP contribution in [0.3, 0.4) is 0 Å². The van der Waals surface area contributed by atoms with Crippen LogP contribution >= 0.6 is 0 Å². The van der Waals surface area contributed by atoms with E-state index < -0.39 is 12.7 Å². The van der Waals surface area contributed by atoms with Crippen molar-refractivity contribution in [2.24, 2.45) is 5.92 Å². The molecule has 2 aliphatic rings. The minimum absolute atomic E-state index is 0.486. The van der Waals surface area contributed by atoms with Crippen LogP contribution in [0.1, 0.15) is 32.1 Å². The number of halogens is 3. The first-order valence-corrected chi connectivity index (χ1v) is 8.16. The van der Waals surface area contributed by atoms with Crippen LogP contribution in [0.5, 0.6) is 0 Å². The second-order valence-corrected chi connectivity index (χ2v) is 6.49. The summed E-state index contributed by atoms with van der Waals surface area (Å²) in [6.45, 7) is 2.77. The van der Waals surface area contributed by atoms with E-state index in [0.29, 0.717) is 19.1 Å². The predicted molar refractivity (Wildman–Crippen MR) is 78.4 cm³/mol. The summed E-state index contributed by atoms with van der Waals surface area (Å²) in [5.41, 5.74) is 0. The molecule has 0 aromatic carbocycles. The number of nitrogens with zero attached hydrogens (tertiary/aromatic N) is 2. The number of piperazine rings is 1. The zero-order chi connectivity index (χ0) is 15.3. The Hall–Kier alpha value is -0.330. The third-order valence-corrected chi connectivity index (χ3v) is 4.91. The molecule has 0 aromatic rings. The monoisotopic (exact) mass is 307 g/mol. The van der Waals surface area contributed by atoms with Crippen LogP contribution < -0.4 is 5.32 Å². The number of alkyl halides is 3. The average molecular weight is 307 g/mol. The van der Waals surface area contributed by atoms with E-state index in [0.717, 1.165) is 25.6 Å². The van der Waals surface area contributed by atoms with E-state index in [9.17, 15) is 13.2 Å². The third-order valence-electron chi connectivity index (χ3n) is 4.91. The van der Waals surface area contributed by atoms with Gasteiger partial charge in [0.1, 0.15) is 0 Å². The smallest absolute Gasteiger partial charge is 0.315 e. The molecule has 0 aromatic heterocycles. The van der Waals surface area contributed by atoms with Gasteiger partial charge in [0.25, 0.3) is 0 Å². The maximum atomic E-state index is 12.4. The molecular weight excluding hydrogens is 279 g/mol. The summed E-state index contributed by atoms with van der Waals surface area (Å²) < 4.78 is 37.1. The Kier molecular flexibility index (Phi) is 6.32. The lowest BCUT2D eigenvalue weighted by Crippen LogP contribution is -2.53. The molecule has 1 saturated heterocycles. The van der Waals surface area contributed by atoms with Gasteiger partial charge in [-0.05, 0) is 25.8 Å². The van der Waals surface area contributed by atoms with E-state index in [1.807, 2.05) is 7.05 Å². The van der Waals surface area contributed by atoms with E-state index in [4.69, 9.17) is 0 Å². The molecule has 1 unspecified atom stereocenters. The Balaban J connectivity index is 1.73. The molecule has 124 valence electrons. The molecule has 1 heterocycles. The Labute approximate surface area is 125 Å². The van der Waals surface area contributed by atoms with E-state index in [1.165, 1.54) is 37.0 Å². The van der Waals surface area contributed by atoms with E-state index >= 15 is 0 Å². The van der Waals surface area contributed by atoms with Gasteiger partial charge in [0.05, 0.1) is 6.54 Å².